The van der Waals surface area contributed by atoms with E-state index in [1.54, 1.807) is 18.2 Å². The van der Waals surface area contributed by atoms with Crippen LogP contribution < -0.4 is 0 Å². The average molecular weight is 212 g/mol. The standard InChI is InChI=1S/C10H12O3S/c1-12-10(13-2)8-6-4-3-5-7(8)9(11)14/h3-6,10H,1-2H3,(H,11,14). The van der Waals surface area contributed by atoms with E-state index in [0.717, 1.165) is 0 Å². The van der Waals surface area contributed by atoms with Gasteiger partial charge in [-0.3, -0.25) is 4.79 Å². The van der Waals surface area contributed by atoms with Crippen LogP contribution in [0, 0.1) is 0 Å². The van der Waals surface area contributed by atoms with Gasteiger partial charge in [0.15, 0.2) is 6.29 Å². The molecule has 3 nitrogen and oxygen atoms in total. The van der Waals surface area contributed by atoms with Crippen LogP contribution in [-0.2, 0) is 9.47 Å². The smallest absolute Gasteiger partial charge is 0.216 e. The Labute approximate surface area is 88.4 Å². The fourth-order valence-corrected chi connectivity index (χ4v) is 1.45. The molecule has 0 spiro atoms. The van der Waals surface area contributed by atoms with Crippen LogP contribution in [0.4, 0.5) is 0 Å². The SMILES string of the molecule is COC(OC)c1ccccc1C(=O)S. The lowest BCUT2D eigenvalue weighted by Crippen LogP contribution is -2.08. The Hall–Kier alpha value is -0.840. The molecule has 0 aliphatic heterocycles. The summed E-state index contributed by atoms with van der Waals surface area (Å²) in [5.74, 6) is 0. The van der Waals surface area contributed by atoms with Crippen LogP contribution in [0.15, 0.2) is 24.3 Å². The predicted octanol–water partition coefficient (Wildman–Crippen LogP) is 2.05. The van der Waals surface area contributed by atoms with E-state index >= 15 is 0 Å². The van der Waals surface area contributed by atoms with Crippen LogP contribution in [0.25, 0.3) is 0 Å². The van der Waals surface area contributed by atoms with Crippen LogP contribution >= 0.6 is 12.6 Å². The molecule has 0 radical (unpaired) electrons. The second-order valence-corrected chi connectivity index (χ2v) is 3.10. The van der Waals surface area contributed by atoms with E-state index in [-0.39, 0.29) is 5.12 Å². The maximum Gasteiger partial charge on any atom is 0.216 e. The van der Waals surface area contributed by atoms with Crippen molar-refractivity contribution < 1.29 is 14.3 Å². The number of rotatable bonds is 4. The highest BCUT2D eigenvalue weighted by atomic mass is 32.1. The lowest BCUT2D eigenvalue weighted by molar-refractivity contribution is -0.106. The quantitative estimate of drug-likeness (QED) is 0.613. The first-order valence-corrected chi connectivity index (χ1v) is 4.53. The lowest BCUT2D eigenvalue weighted by Gasteiger charge is -2.15. The molecule has 0 aliphatic rings. The van der Waals surface area contributed by atoms with E-state index in [1.165, 1.54) is 14.2 Å². The molecule has 0 amide bonds. The van der Waals surface area contributed by atoms with Gasteiger partial charge in [0.1, 0.15) is 0 Å². The molecule has 0 heterocycles. The zero-order chi connectivity index (χ0) is 10.6. The van der Waals surface area contributed by atoms with Crippen molar-refractivity contribution in [2.45, 2.75) is 6.29 Å². The second-order valence-electron chi connectivity index (χ2n) is 2.70. The van der Waals surface area contributed by atoms with Gasteiger partial charge in [-0.15, -0.1) is 12.6 Å². The molecular weight excluding hydrogens is 200 g/mol. The third-order valence-corrected chi connectivity index (χ3v) is 2.11. The monoisotopic (exact) mass is 212 g/mol. The maximum atomic E-state index is 11.2. The molecule has 1 aromatic rings. The average Bonchev–Trinajstić information content (AvgIpc) is 2.20. The Kier molecular flexibility index (Phi) is 4.13. The van der Waals surface area contributed by atoms with Gasteiger partial charge in [-0.2, -0.15) is 0 Å². The minimum absolute atomic E-state index is 0.292. The first kappa shape index (κ1) is 11.2. The van der Waals surface area contributed by atoms with Gasteiger partial charge in [0, 0.05) is 25.3 Å². The van der Waals surface area contributed by atoms with Gasteiger partial charge in [0.25, 0.3) is 0 Å². The van der Waals surface area contributed by atoms with Crippen molar-refractivity contribution in [3.63, 3.8) is 0 Å². The van der Waals surface area contributed by atoms with E-state index in [4.69, 9.17) is 9.47 Å². The van der Waals surface area contributed by atoms with Crippen LogP contribution in [0.2, 0.25) is 0 Å². The summed E-state index contributed by atoms with van der Waals surface area (Å²) in [7, 11) is 3.04. The molecular formula is C10H12O3S. The van der Waals surface area contributed by atoms with Crippen molar-refractivity contribution in [2.24, 2.45) is 0 Å². The number of thiol groups is 1. The molecule has 0 N–H and O–H groups in total. The Balaban J connectivity index is 3.11. The zero-order valence-corrected chi connectivity index (χ0v) is 8.95. The number of benzene rings is 1. The third-order valence-electron chi connectivity index (χ3n) is 1.87. The highest BCUT2D eigenvalue weighted by molar-refractivity contribution is 7.97. The Bertz CT molecular complexity index is 321. The molecule has 14 heavy (non-hydrogen) atoms. The highest BCUT2D eigenvalue weighted by Gasteiger charge is 2.15. The number of methoxy groups -OCH3 is 2. The van der Waals surface area contributed by atoms with Gasteiger partial charge < -0.3 is 9.47 Å². The molecule has 0 fully saturated rings. The van der Waals surface area contributed by atoms with E-state index in [2.05, 4.69) is 12.6 Å². The first-order valence-electron chi connectivity index (χ1n) is 4.08. The van der Waals surface area contributed by atoms with E-state index < -0.39 is 6.29 Å². The number of carbonyl (C=O) groups is 1. The molecule has 0 atom stereocenters. The maximum absolute atomic E-state index is 11.2. The summed E-state index contributed by atoms with van der Waals surface area (Å²) >= 11 is 3.78. The molecule has 0 aliphatic carbocycles. The van der Waals surface area contributed by atoms with E-state index in [0.29, 0.717) is 11.1 Å². The molecule has 0 unspecified atom stereocenters. The third kappa shape index (κ3) is 2.35. The van der Waals surface area contributed by atoms with Crippen LogP contribution in [-0.4, -0.2) is 19.3 Å². The molecule has 76 valence electrons. The number of carbonyl (C=O) groups excluding carboxylic acids is 1. The summed E-state index contributed by atoms with van der Waals surface area (Å²) in [5.41, 5.74) is 1.20. The molecule has 1 rings (SSSR count). The normalized spacial score (nSPS) is 10.6. The summed E-state index contributed by atoms with van der Waals surface area (Å²) in [6, 6.07) is 7.06. The summed E-state index contributed by atoms with van der Waals surface area (Å²) < 4.78 is 10.1. The number of ether oxygens (including phenoxy) is 2. The molecule has 0 saturated carbocycles. The second kappa shape index (κ2) is 5.14. The van der Waals surface area contributed by atoms with Crippen molar-refractivity contribution in [1.82, 2.24) is 0 Å². The molecule has 0 saturated heterocycles. The van der Waals surface area contributed by atoms with Crippen molar-refractivity contribution in [3.05, 3.63) is 35.4 Å². The molecule has 4 heteroatoms. The van der Waals surface area contributed by atoms with E-state index in [1.807, 2.05) is 6.07 Å². The minimum atomic E-state index is -0.526. The minimum Gasteiger partial charge on any atom is -0.352 e. The van der Waals surface area contributed by atoms with Gasteiger partial charge in [0.05, 0.1) is 0 Å². The first-order chi connectivity index (χ1) is 6.70. The number of hydrogen-bond donors (Lipinski definition) is 1. The summed E-state index contributed by atoms with van der Waals surface area (Å²) in [4.78, 5) is 11.2. The van der Waals surface area contributed by atoms with Gasteiger partial charge in [0.2, 0.25) is 5.12 Å². The fraction of sp³-hybridized carbons (Fsp3) is 0.300. The predicted molar refractivity (Wildman–Crippen MR) is 56.5 cm³/mol. The lowest BCUT2D eigenvalue weighted by atomic mass is 10.1. The van der Waals surface area contributed by atoms with E-state index in [9.17, 15) is 4.79 Å². The fourth-order valence-electron chi connectivity index (χ4n) is 1.25. The van der Waals surface area contributed by atoms with Crippen LogP contribution in [0.3, 0.4) is 0 Å². The number of hydrogen-bond acceptors (Lipinski definition) is 3. The van der Waals surface area contributed by atoms with Gasteiger partial charge in [-0.1, -0.05) is 24.3 Å². The Morgan fingerprint density at radius 1 is 1.29 bits per heavy atom. The van der Waals surface area contributed by atoms with Crippen molar-refractivity contribution in [1.29, 1.82) is 0 Å². The van der Waals surface area contributed by atoms with Crippen LogP contribution in [0.1, 0.15) is 22.2 Å². The van der Waals surface area contributed by atoms with Gasteiger partial charge in [-0.25, -0.2) is 0 Å². The molecule has 0 bridgehead atoms. The zero-order valence-electron chi connectivity index (χ0n) is 8.06. The Morgan fingerprint density at radius 3 is 2.36 bits per heavy atom. The molecule has 1 aromatic carbocycles. The highest BCUT2D eigenvalue weighted by Crippen LogP contribution is 2.22. The largest absolute Gasteiger partial charge is 0.352 e. The van der Waals surface area contributed by atoms with Crippen LogP contribution in [0.5, 0.6) is 0 Å². The molecule has 0 aromatic heterocycles. The summed E-state index contributed by atoms with van der Waals surface area (Å²) in [6.07, 6.45) is -0.526. The Morgan fingerprint density at radius 2 is 1.86 bits per heavy atom. The van der Waals surface area contributed by atoms with Crippen molar-refractivity contribution >= 4 is 17.7 Å². The van der Waals surface area contributed by atoms with Gasteiger partial charge >= 0.3 is 0 Å². The van der Waals surface area contributed by atoms with Crippen molar-refractivity contribution in [2.75, 3.05) is 14.2 Å². The summed E-state index contributed by atoms with van der Waals surface area (Å²) in [6.45, 7) is 0. The summed E-state index contributed by atoms with van der Waals surface area (Å²) in [5, 5.41) is -0.292. The topological polar surface area (TPSA) is 35.5 Å². The van der Waals surface area contributed by atoms with Crippen molar-refractivity contribution in [3.8, 4) is 0 Å². The van der Waals surface area contributed by atoms with Gasteiger partial charge in [-0.05, 0) is 0 Å².